The van der Waals surface area contributed by atoms with Gasteiger partial charge in [-0.25, -0.2) is 0 Å². The number of aromatic nitrogens is 1. The molecule has 1 aliphatic heterocycles. The number of hydrogen-bond donors (Lipinski definition) is 1. The summed E-state index contributed by atoms with van der Waals surface area (Å²) >= 11 is 1.85. The zero-order chi connectivity index (χ0) is 16.5. The Balaban J connectivity index is 1.66. The third-order valence-electron chi connectivity index (χ3n) is 5.21. The van der Waals surface area contributed by atoms with E-state index in [9.17, 15) is 0 Å². The van der Waals surface area contributed by atoms with Gasteiger partial charge in [0.1, 0.15) is 0 Å². The molecule has 4 rings (SSSR count). The predicted molar refractivity (Wildman–Crippen MR) is 103 cm³/mol. The molecule has 1 N–H and O–H groups in total. The fourth-order valence-corrected chi connectivity index (χ4v) is 4.74. The Bertz CT molecular complexity index is 786. The van der Waals surface area contributed by atoms with Crippen LogP contribution in [0.4, 0.5) is 5.69 Å². The molecule has 126 valence electrons. The van der Waals surface area contributed by atoms with Gasteiger partial charge in [0.2, 0.25) is 0 Å². The van der Waals surface area contributed by atoms with Gasteiger partial charge < -0.3 is 10.2 Å². The van der Waals surface area contributed by atoms with E-state index in [1.165, 1.54) is 71.4 Å². The minimum atomic E-state index is 0.559. The van der Waals surface area contributed by atoms with Crippen LogP contribution in [-0.2, 0) is 6.42 Å². The Hall–Kier alpha value is -1.57. The van der Waals surface area contributed by atoms with Crippen LogP contribution in [0.15, 0.2) is 12.4 Å². The fraction of sp³-hybridized carbons (Fsp3) is 0.550. The molecule has 3 heterocycles. The predicted octanol–water partition coefficient (Wildman–Crippen LogP) is 4.13. The molecule has 0 amide bonds. The van der Waals surface area contributed by atoms with E-state index in [-0.39, 0.29) is 0 Å². The Morgan fingerprint density at radius 3 is 2.75 bits per heavy atom. The molecule has 1 aliphatic carbocycles. The highest BCUT2D eigenvalue weighted by atomic mass is 32.1. The maximum atomic E-state index is 4.54. The molecule has 0 radical (unpaired) electrons. The molecule has 2 aliphatic rings. The second kappa shape index (κ2) is 6.74. The van der Waals surface area contributed by atoms with Gasteiger partial charge in [-0.15, -0.1) is 17.3 Å². The maximum absolute atomic E-state index is 4.54. The van der Waals surface area contributed by atoms with Crippen LogP contribution in [-0.4, -0.2) is 36.1 Å². The molecule has 0 atom stereocenters. The molecule has 2 fully saturated rings. The summed E-state index contributed by atoms with van der Waals surface area (Å²) in [5, 5.41) is 5.09. The van der Waals surface area contributed by atoms with Gasteiger partial charge in [-0.1, -0.05) is 5.92 Å². The second-order valence-corrected chi connectivity index (χ2v) is 8.24. The largest absolute Gasteiger partial charge is 0.380 e. The molecule has 0 bridgehead atoms. The normalized spacial score (nSPS) is 19.2. The number of thiophene rings is 1. The maximum Gasteiger partial charge on any atom is 0.0814 e. The summed E-state index contributed by atoms with van der Waals surface area (Å²) in [6.07, 6.45) is 10.4. The van der Waals surface area contributed by atoms with E-state index in [0.29, 0.717) is 6.04 Å². The zero-order valence-electron chi connectivity index (χ0n) is 14.6. The third kappa shape index (κ3) is 3.29. The SMILES string of the molecule is CC#Cc1sc2c(NC3CCN(C)CC3)cncc2c1CC1CC1. The molecule has 2 aromatic heterocycles. The quantitative estimate of drug-likeness (QED) is 0.849. The number of likely N-dealkylation sites (tertiary alicyclic amines) is 1. The van der Waals surface area contributed by atoms with Crippen molar-refractivity contribution < 1.29 is 0 Å². The summed E-state index contributed by atoms with van der Waals surface area (Å²) in [5.74, 6) is 7.31. The summed E-state index contributed by atoms with van der Waals surface area (Å²) in [6, 6.07) is 0.559. The zero-order valence-corrected chi connectivity index (χ0v) is 15.4. The first-order valence-electron chi connectivity index (χ1n) is 9.02. The highest BCUT2D eigenvalue weighted by Crippen LogP contribution is 2.41. The fourth-order valence-electron chi connectivity index (χ4n) is 3.56. The Morgan fingerprint density at radius 2 is 2.04 bits per heavy atom. The van der Waals surface area contributed by atoms with Gasteiger partial charge in [0.25, 0.3) is 0 Å². The van der Waals surface area contributed by atoms with Crippen molar-refractivity contribution >= 4 is 27.1 Å². The lowest BCUT2D eigenvalue weighted by atomic mass is 10.0. The molecule has 1 saturated heterocycles. The number of nitrogens with zero attached hydrogens (tertiary/aromatic N) is 2. The monoisotopic (exact) mass is 339 g/mol. The van der Waals surface area contributed by atoms with Gasteiger partial charge in [-0.2, -0.15) is 0 Å². The van der Waals surface area contributed by atoms with Crippen LogP contribution in [0.2, 0.25) is 0 Å². The lowest BCUT2D eigenvalue weighted by Crippen LogP contribution is -2.36. The smallest absolute Gasteiger partial charge is 0.0814 e. The Kier molecular flexibility index (Phi) is 4.47. The van der Waals surface area contributed by atoms with Crippen LogP contribution < -0.4 is 5.32 Å². The lowest BCUT2D eigenvalue weighted by Gasteiger charge is -2.30. The topological polar surface area (TPSA) is 28.2 Å². The average Bonchev–Trinajstić information content (AvgIpc) is 3.33. The first kappa shape index (κ1) is 15.9. The van der Waals surface area contributed by atoms with E-state index >= 15 is 0 Å². The number of hydrogen-bond acceptors (Lipinski definition) is 4. The summed E-state index contributed by atoms with van der Waals surface area (Å²) in [6.45, 7) is 4.28. The highest BCUT2D eigenvalue weighted by Gasteiger charge is 2.26. The van der Waals surface area contributed by atoms with E-state index in [1.807, 2.05) is 30.7 Å². The van der Waals surface area contributed by atoms with Crippen LogP contribution in [0, 0.1) is 17.8 Å². The number of rotatable bonds is 4. The number of nitrogens with one attached hydrogen (secondary N) is 1. The number of fused-ring (bicyclic) bond motifs is 1. The van der Waals surface area contributed by atoms with Gasteiger partial charge in [0.05, 0.1) is 21.5 Å². The highest BCUT2D eigenvalue weighted by molar-refractivity contribution is 7.20. The van der Waals surface area contributed by atoms with E-state index in [4.69, 9.17) is 0 Å². The van der Waals surface area contributed by atoms with Gasteiger partial charge in [-0.3, -0.25) is 4.98 Å². The van der Waals surface area contributed by atoms with Crippen molar-refractivity contribution in [1.29, 1.82) is 0 Å². The molecular weight excluding hydrogens is 314 g/mol. The number of piperidine rings is 1. The van der Waals surface area contributed by atoms with Crippen molar-refractivity contribution in [3.05, 3.63) is 22.8 Å². The summed E-state index contributed by atoms with van der Waals surface area (Å²) in [5.41, 5.74) is 2.64. The van der Waals surface area contributed by atoms with Crippen LogP contribution in [0.3, 0.4) is 0 Å². The van der Waals surface area contributed by atoms with E-state index in [2.05, 4.69) is 34.1 Å². The minimum Gasteiger partial charge on any atom is -0.380 e. The Morgan fingerprint density at radius 1 is 1.25 bits per heavy atom. The second-order valence-electron chi connectivity index (χ2n) is 7.22. The van der Waals surface area contributed by atoms with Crippen molar-refractivity contribution in [1.82, 2.24) is 9.88 Å². The standard InChI is InChI=1S/C20H25N3S/c1-3-4-19-16(11-14-5-6-14)17-12-21-13-18(20(17)24-19)22-15-7-9-23(2)10-8-15/h12-15,22H,5-11H2,1-2H3. The van der Waals surface area contributed by atoms with Crippen molar-refractivity contribution in [2.45, 2.75) is 45.1 Å². The van der Waals surface area contributed by atoms with Crippen LogP contribution in [0.5, 0.6) is 0 Å². The van der Waals surface area contributed by atoms with Crippen molar-refractivity contribution in [3.8, 4) is 11.8 Å². The summed E-state index contributed by atoms with van der Waals surface area (Å²) < 4.78 is 1.34. The molecule has 0 aromatic carbocycles. The van der Waals surface area contributed by atoms with Crippen LogP contribution >= 0.6 is 11.3 Å². The summed E-state index contributed by atoms with van der Waals surface area (Å²) in [4.78, 5) is 8.20. The third-order valence-corrected chi connectivity index (χ3v) is 6.40. The van der Waals surface area contributed by atoms with Crippen molar-refractivity contribution in [2.24, 2.45) is 5.92 Å². The van der Waals surface area contributed by atoms with Crippen molar-refractivity contribution in [3.63, 3.8) is 0 Å². The van der Waals surface area contributed by atoms with Gasteiger partial charge in [0.15, 0.2) is 0 Å². The van der Waals surface area contributed by atoms with Crippen LogP contribution in [0.1, 0.15) is 43.0 Å². The van der Waals surface area contributed by atoms with Gasteiger partial charge in [0, 0.05) is 17.6 Å². The van der Waals surface area contributed by atoms with E-state index in [0.717, 1.165) is 5.92 Å². The summed E-state index contributed by atoms with van der Waals surface area (Å²) in [7, 11) is 2.21. The minimum absolute atomic E-state index is 0.559. The molecule has 1 saturated carbocycles. The average molecular weight is 340 g/mol. The number of pyridine rings is 1. The molecule has 24 heavy (non-hydrogen) atoms. The molecular formula is C20H25N3S. The lowest BCUT2D eigenvalue weighted by molar-refractivity contribution is 0.264. The molecule has 0 unspecified atom stereocenters. The van der Waals surface area contributed by atoms with E-state index in [1.54, 1.807) is 0 Å². The molecule has 0 spiro atoms. The van der Waals surface area contributed by atoms with Gasteiger partial charge >= 0.3 is 0 Å². The van der Waals surface area contributed by atoms with Gasteiger partial charge in [-0.05, 0) is 70.6 Å². The first-order valence-corrected chi connectivity index (χ1v) is 9.83. The number of anilines is 1. The Labute approximate surface area is 148 Å². The molecule has 3 nitrogen and oxygen atoms in total. The van der Waals surface area contributed by atoms with Crippen molar-refractivity contribution in [2.75, 3.05) is 25.5 Å². The molecule has 2 aromatic rings. The van der Waals surface area contributed by atoms with E-state index < -0.39 is 0 Å². The molecule has 4 heteroatoms. The van der Waals surface area contributed by atoms with Crippen LogP contribution in [0.25, 0.3) is 10.1 Å². The first-order chi connectivity index (χ1) is 11.7.